The molecule has 1 aromatic heterocycles. The van der Waals surface area contributed by atoms with Crippen LogP contribution in [0.1, 0.15) is 16.8 Å². The highest BCUT2D eigenvalue weighted by atomic mass is 35.5. The number of hydrogen-bond acceptors (Lipinski definition) is 5. The molecule has 1 aliphatic rings. The van der Waals surface area contributed by atoms with Crippen LogP contribution in [0.5, 0.6) is 0 Å². The standard InChI is InChI=1S/C13H18ClN5O2/c14-12-10(6-9(15)7-17-12)13(21)19-3-1-2-18(4-5-19)8-11(16)20/h6-7H,1-5,8,15H2,(H2,16,20). The number of nitrogen functional groups attached to an aromatic ring is 1. The van der Waals surface area contributed by atoms with E-state index in [9.17, 15) is 9.59 Å². The molecule has 2 amide bonds. The van der Waals surface area contributed by atoms with Gasteiger partial charge in [-0.25, -0.2) is 4.98 Å². The van der Waals surface area contributed by atoms with E-state index in [0.29, 0.717) is 30.9 Å². The third-order valence-electron chi connectivity index (χ3n) is 3.35. The van der Waals surface area contributed by atoms with Gasteiger partial charge in [0.1, 0.15) is 5.15 Å². The minimum atomic E-state index is -0.363. The lowest BCUT2D eigenvalue weighted by Gasteiger charge is -2.21. The van der Waals surface area contributed by atoms with Gasteiger partial charge in [-0.15, -0.1) is 0 Å². The van der Waals surface area contributed by atoms with E-state index in [1.165, 1.54) is 12.3 Å². The first-order valence-corrected chi connectivity index (χ1v) is 7.06. The number of primary amides is 1. The Hall–Kier alpha value is -1.86. The molecule has 0 radical (unpaired) electrons. The lowest BCUT2D eigenvalue weighted by Crippen LogP contribution is -2.38. The third-order valence-corrected chi connectivity index (χ3v) is 3.65. The van der Waals surface area contributed by atoms with Gasteiger partial charge in [-0.2, -0.15) is 0 Å². The highest BCUT2D eigenvalue weighted by molar-refractivity contribution is 6.32. The van der Waals surface area contributed by atoms with E-state index in [0.717, 1.165) is 13.0 Å². The van der Waals surface area contributed by atoms with Gasteiger partial charge in [-0.05, 0) is 12.5 Å². The average Bonchev–Trinajstić information content (AvgIpc) is 2.66. The van der Waals surface area contributed by atoms with E-state index in [1.807, 2.05) is 4.90 Å². The summed E-state index contributed by atoms with van der Waals surface area (Å²) >= 11 is 5.96. The Kier molecular flexibility index (Phi) is 4.98. The Morgan fingerprint density at radius 1 is 1.29 bits per heavy atom. The second kappa shape index (κ2) is 6.73. The zero-order valence-electron chi connectivity index (χ0n) is 11.6. The highest BCUT2D eigenvalue weighted by Gasteiger charge is 2.23. The maximum Gasteiger partial charge on any atom is 0.257 e. The lowest BCUT2D eigenvalue weighted by molar-refractivity contribution is -0.119. The van der Waals surface area contributed by atoms with Crippen molar-refractivity contribution in [3.8, 4) is 0 Å². The Balaban J connectivity index is 2.06. The number of rotatable bonds is 3. The number of nitrogens with zero attached hydrogens (tertiary/aromatic N) is 3. The maximum atomic E-state index is 12.5. The van der Waals surface area contributed by atoms with Crippen molar-refractivity contribution in [2.45, 2.75) is 6.42 Å². The van der Waals surface area contributed by atoms with E-state index < -0.39 is 0 Å². The number of aromatic nitrogens is 1. The van der Waals surface area contributed by atoms with Crippen molar-refractivity contribution in [2.75, 3.05) is 38.5 Å². The van der Waals surface area contributed by atoms with Crippen molar-refractivity contribution in [2.24, 2.45) is 5.73 Å². The summed E-state index contributed by atoms with van der Waals surface area (Å²) in [7, 11) is 0. The van der Waals surface area contributed by atoms with E-state index in [1.54, 1.807) is 4.90 Å². The van der Waals surface area contributed by atoms with E-state index in [-0.39, 0.29) is 23.5 Å². The zero-order valence-corrected chi connectivity index (χ0v) is 12.3. The molecule has 1 aromatic rings. The minimum Gasteiger partial charge on any atom is -0.397 e. The van der Waals surface area contributed by atoms with Crippen molar-refractivity contribution >= 4 is 29.1 Å². The smallest absolute Gasteiger partial charge is 0.257 e. The number of pyridine rings is 1. The quantitative estimate of drug-likeness (QED) is 0.761. The second-order valence-corrected chi connectivity index (χ2v) is 5.35. The minimum absolute atomic E-state index is 0.146. The zero-order chi connectivity index (χ0) is 15.4. The van der Waals surface area contributed by atoms with Crippen LogP contribution in [0.15, 0.2) is 12.3 Å². The monoisotopic (exact) mass is 311 g/mol. The molecule has 8 heteroatoms. The molecule has 2 heterocycles. The first-order valence-electron chi connectivity index (χ1n) is 6.68. The fourth-order valence-electron chi connectivity index (χ4n) is 2.34. The summed E-state index contributed by atoms with van der Waals surface area (Å²) in [5.41, 5.74) is 11.5. The van der Waals surface area contributed by atoms with Crippen molar-refractivity contribution < 1.29 is 9.59 Å². The molecule has 7 nitrogen and oxygen atoms in total. The Morgan fingerprint density at radius 3 is 2.76 bits per heavy atom. The van der Waals surface area contributed by atoms with Crippen molar-refractivity contribution in [1.82, 2.24) is 14.8 Å². The number of nitrogens with two attached hydrogens (primary N) is 2. The first kappa shape index (κ1) is 15.5. The first-order chi connectivity index (χ1) is 9.97. The van der Waals surface area contributed by atoms with Crippen LogP contribution in [0, 0.1) is 0 Å². The third kappa shape index (κ3) is 4.05. The van der Waals surface area contributed by atoms with Crippen molar-refractivity contribution in [3.05, 3.63) is 23.0 Å². The molecule has 0 saturated carbocycles. The van der Waals surface area contributed by atoms with Gasteiger partial charge in [-0.1, -0.05) is 11.6 Å². The van der Waals surface area contributed by atoms with Gasteiger partial charge >= 0.3 is 0 Å². The molecule has 0 unspecified atom stereocenters. The van der Waals surface area contributed by atoms with E-state index in [2.05, 4.69) is 4.98 Å². The van der Waals surface area contributed by atoms with Gasteiger partial charge in [0.25, 0.3) is 5.91 Å². The number of hydrogen-bond donors (Lipinski definition) is 2. The summed E-state index contributed by atoms with van der Waals surface area (Å²) in [6.07, 6.45) is 2.18. The van der Waals surface area contributed by atoms with Gasteiger partial charge in [-0.3, -0.25) is 14.5 Å². The molecule has 2 rings (SSSR count). The largest absolute Gasteiger partial charge is 0.397 e. The van der Waals surface area contributed by atoms with Crippen LogP contribution in [0.3, 0.4) is 0 Å². The molecule has 21 heavy (non-hydrogen) atoms. The molecule has 114 valence electrons. The Morgan fingerprint density at radius 2 is 2.05 bits per heavy atom. The molecule has 0 aliphatic carbocycles. The fraction of sp³-hybridized carbons (Fsp3) is 0.462. The summed E-state index contributed by atoms with van der Waals surface area (Å²) in [4.78, 5) is 31.0. The summed E-state index contributed by atoms with van der Waals surface area (Å²) in [5.74, 6) is -0.557. The van der Waals surface area contributed by atoms with Crippen LogP contribution < -0.4 is 11.5 Å². The van der Waals surface area contributed by atoms with Crippen molar-refractivity contribution in [1.29, 1.82) is 0 Å². The molecule has 4 N–H and O–H groups in total. The number of carbonyl (C=O) groups excluding carboxylic acids is 2. The van der Waals surface area contributed by atoms with Crippen LogP contribution in [-0.4, -0.2) is 59.3 Å². The SMILES string of the molecule is NC(=O)CN1CCCN(C(=O)c2cc(N)cnc2Cl)CC1. The maximum absolute atomic E-state index is 12.5. The van der Waals surface area contributed by atoms with Gasteiger partial charge in [0.05, 0.1) is 24.0 Å². The summed E-state index contributed by atoms with van der Waals surface area (Å²) in [6, 6.07) is 1.53. The molecule has 0 atom stereocenters. The van der Waals surface area contributed by atoms with Gasteiger partial charge in [0, 0.05) is 26.2 Å². The number of amides is 2. The molecule has 1 aliphatic heterocycles. The number of anilines is 1. The second-order valence-electron chi connectivity index (χ2n) is 5.00. The fourth-order valence-corrected chi connectivity index (χ4v) is 2.52. The predicted molar refractivity (Wildman–Crippen MR) is 79.8 cm³/mol. The Labute approximate surface area is 127 Å². The number of halogens is 1. The van der Waals surface area contributed by atoms with Crippen LogP contribution in [0.25, 0.3) is 0 Å². The molecular weight excluding hydrogens is 294 g/mol. The van der Waals surface area contributed by atoms with E-state index >= 15 is 0 Å². The molecule has 1 fully saturated rings. The summed E-state index contributed by atoms with van der Waals surface area (Å²) in [5, 5.41) is 0.146. The molecule has 0 spiro atoms. The predicted octanol–water partition coefficient (Wildman–Crippen LogP) is -0.0496. The van der Waals surface area contributed by atoms with Crippen LogP contribution >= 0.6 is 11.6 Å². The van der Waals surface area contributed by atoms with Crippen LogP contribution in [0.2, 0.25) is 5.15 Å². The van der Waals surface area contributed by atoms with Crippen LogP contribution in [0.4, 0.5) is 5.69 Å². The average molecular weight is 312 g/mol. The normalized spacial score (nSPS) is 16.5. The number of carbonyl (C=O) groups is 2. The molecule has 0 aromatic carbocycles. The van der Waals surface area contributed by atoms with Gasteiger partial charge < -0.3 is 16.4 Å². The summed E-state index contributed by atoms with van der Waals surface area (Å²) in [6.45, 7) is 2.65. The van der Waals surface area contributed by atoms with Gasteiger partial charge in [0.15, 0.2) is 0 Å². The topological polar surface area (TPSA) is 106 Å². The van der Waals surface area contributed by atoms with Crippen molar-refractivity contribution in [3.63, 3.8) is 0 Å². The van der Waals surface area contributed by atoms with Crippen LogP contribution in [-0.2, 0) is 4.79 Å². The highest BCUT2D eigenvalue weighted by Crippen LogP contribution is 2.18. The molecule has 0 bridgehead atoms. The van der Waals surface area contributed by atoms with E-state index in [4.69, 9.17) is 23.1 Å². The summed E-state index contributed by atoms with van der Waals surface area (Å²) < 4.78 is 0. The lowest BCUT2D eigenvalue weighted by atomic mass is 10.2. The van der Waals surface area contributed by atoms with Gasteiger partial charge in [0.2, 0.25) is 5.91 Å². The Bertz CT molecular complexity index is 551. The molecule has 1 saturated heterocycles. The molecular formula is C13H18ClN5O2.